The monoisotopic (exact) mass is 423 g/mol. The number of carbonyl (C=O) groups excluding carboxylic acids is 1. The maximum Gasteiger partial charge on any atom is 0.416 e. The lowest BCUT2D eigenvalue weighted by molar-refractivity contribution is -0.138. The minimum Gasteiger partial charge on any atom is -0.337 e. The number of aromatic nitrogens is 2. The number of aryl methyl sites for hydroxylation is 1. The van der Waals surface area contributed by atoms with Crippen LogP contribution in [-0.4, -0.2) is 34.1 Å². The van der Waals surface area contributed by atoms with E-state index in [0.717, 1.165) is 11.8 Å². The van der Waals surface area contributed by atoms with Gasteiger partial charge in [0, 0.05) is 23.8 Å². The van der Waals surface area contributed by atoms with Gasteiger partial charge in [0.2, 0.25) is 0 Å². The Bertz CT molecular complexity index is 903. The van der Waals surface area contributed by atoms with E-state index >= 15 is 0 Å². The largest absolute Gasteiger partial charge is 0.416 e. The number of halogens is 4. The van der Waals surface area contributed by atoms with Gasteiger partial charge in [-0.3, -0.25) is 9.89 Å². The lowest BCUT2D eigenvalue weighted by Crippen LogP contribution is -2.38. The van der Waals surface area contributed by atoms with Gasteiger partial charge in [-0.25, -0.2) is 0 Å². The molecule has 2 heterocycles. The van der Waals surface area contributed by atoms with Crippen LogP contribution in [0.5, 0.6) is 0 Å². The molecule has 4 nitrogen and oxygen atoms in total. The number of hydrogen-bond acceptors (Lipinski definition) is 2. The topological polar surface area (TPSA) is 49.0 Å². The average molecular weight is 424 g/mol. The summed E-state index contributed by atoms with van der Waals surface area (Å²) in [7, 11) is 0. The Labute approximate surface area is 172 Å². The van der Waals surface area contributed by atoms with E-state index < -0.39 is 11.7 Å². The molecule has 1 aliphatic rings. The van der Waals surface area contributed by atoms with E-state index in [0.29, 0.717) is 36.5 Å². The second kappa shape index (κ2) is 8.86. The summed E-state index contributed by atoms with van der Waals surface area (Å²) in [6.45, 7) is 2.52. The van der Waals surface area contributed by atoms with Gasteiger partial charge in [0.1, 0.15) is 5.69 Å². The number of benzene rings is 1. The highest BCUT2D eigenvalue weighted by molar-refractivity contribution is 6.30. The van der Waals surface area contributed by atoms with Crippen molar-refractivity contribution < 1.29 is 18.0 Å². The molecule has 2 aromatic rings. The Morgan fingerprint density at radius 3 is 2.45 bits per heavy atom. The van der Waals surface area contributed by atoms with E-state index in [4.69, 9.17) is 11.6 Å². The fraction of sp³-hybridized carbons (Fsp3) is 0.333. The summed E-state index contributed by atoms with van der Waals surface area (Å²) < 4.78 is 39.9. The quantitative estimate of drug-likeness (QED) is 0.690. The molecule has 1 aromatic carbocycles. The normalized spacial score (nSPS) is 15.1. The summed E-state index contributed by atoms with van der Waals surface area (Å²) in [4.78, 5) is 14.5. The first kappa shape index (κ1) is 21.2. The Morgan fingerprint density at radius 2 is 1.76 bits per heavy atom. The zero-order chi connectivity index (χ0) is 21.0. The molecule has 1 N–H and O–H groups in total. The maximum absolute atomic E-state index is 13.3. The molecule has 0 unspecified atom stereocenters. The van der Waals surface area contributed by atoms with E-state index in [-0.39, 0.29) is 17.5 Å². The van der Waals surface area contributed by atoms with Crippen LogP contribution in [0.15, 0.2) is 48.5 Å². The lowest BCUT2D eigenvalue weighted by atomic mass is 9.86. The van der Waals surface area contributed by atoms with Gasteiger partial charge < -0.3 is 4.90 Å². The molecule has 0 bridgehead atoms. The number of hydrogen-bond donors (Lipinski definition) is 1. The zero-order valence-electron chi connectivity index (χ0n) is 15.8. The van der Waals surface area contributed by atoms with Crippen LogP contribution in [0.2, 0.25) is 5.02 Å². The van der Waals surface area contributed by atoms with Crippen LogP contribution in [0.4, 0.5) is 13.2 Å². The van der Waals surface area contributed by atoms with Crippen molar-refractivity contribution in [2.45, 2.75) is 31.9 Å². The van der Waals surface area contributed by atoms with Gasteiger partial charge in [0.05, 0.1) is 5.56 Å². The number of alkyl halides is 3. The van der Waals surface area contributed by atoms with Crippen molar-refractivity contribution in [3.8, 4) is 0 Å². The standard InChI is InChI=1S/C21H21ClF3N3O/c1-14-6-7-16(22)8-9-19(27-26-14)20(29)28-12-10-15(11-13-28)17-4-2-3-5-18(17)21(23,24)25/h2-9,15,26H,10-13H2,1H3. The van der Waals surface area contributed by atoms with Crippen LogP contribution in [0, 0.1) is 6.92 Å². The molecule has 1 amide bonds. The summed E-state index contributed by atoms with van der Waals surface area (Å²) in [5, 5.41) is 7.39. The number of carbonyl (C=O) groups is 1. The van der Waals surface area contributed by atoms with E-state index in [1.807, 2.05) is 0 Å². The number of rotatable bonds is 2. The highest BCUT2D eigenvalue weighted by atomic mass is 35.5. The van der Waals surface area contributed by atoms with Gasteiger partial charge in [-0.2, -0.15) is 18.3 Å². The number of amides is 1. The summed E-state index contributed by atoms with van der Waals surface area (Å²) in [5.74, 6) is -0.522. The average Bonchev–Trinajstić information content (AvgIpc) is 2.78. The summed E-state index contributed by atoms with van der Waals surface area (Å²) in [6.07, 6.45) is -3.46. The van der Waals surface area contributed by atoms with E-state index in [9.17, 15) is 18.0 Å². The molecular formula is C21H21ClF3N3O. The van der Waals surface area contributed by atoms with Gasteiger partial charge in [0.15, 0.2) is 0 Å². The predicted molar refractivity (Wildman–Crippen MR) is 105 cm³/mol. The fourth-order valence-electron chi connectivity index (χ4n) is 3.43. The van der Waals surface area contributed by atoms with Gasteiger partial charge in [-0.1, -0.05) is 29.8 Å². The first-order valence-corrected chi connectivity index (χ1v) is 9.65. The number of piperidine rings is 1. The maximum atomic E-state index is 13.3. The van der Waals surface area contributed by atoms with Gasteiger partial charge in [0.25, 0.3) is 5.91 Å². The molecule has 29 heavy (non-hydrogen) atoms. The number of H-pyrrole nitrogens is 1. The van der Waals surface area contributed by atoms with Crippen molar-refractivity contribution in [2.75, 3.05) is 13.1 Å². The van der Waals surface area contributed by atoms with Gasteiger partial charge in [-0.15, -0.1) is 0 Å². The van der Waals surface area contributed by atoms with E-state index in [2.05, 4.69) is 10.2 Å². The van der Waals surface area contributed by atoms with Crippen molar-refractivity contribution in [1.82, 2.24) is 15.1 Å². The molecular weight excluding hydrogens is 403 g/mol. The van der Waals surface area contributed by atoms with Gasteiger partial charge >= 0.3 is 6.18 Å². The number of nitrogens with one attached hydrogen (secondary N) is 1. The molecule has 0 atom stereocenters. The second-order valence-corrected chi connectivity index (χ2v) is 7.43. The van der Waals surface area contributed by atoms with E-state index in [1.54, 1.807) is 36.1 Å². The van der Waals surface area contributed by atoms with Crippen LogP contribution in [0.1, 0.15) is 46.1 Å². The molecule has 1 aromatic heterocycles. The Balaban J connectivity index is 1.77. The van der Waals surface area contributed by atoms with Crippen LogP contribution in [0.25, 0.3) is 0 Å². The molecule has 1 aliphatic heterocycles. The SMILES string of the molecule is Cc1ccc(Cl)ccc(C(=O)N2CCC(c3ccccc3C(F)(F)F)CC2)n[nH]1. The van der Waals surface area contributed by atoms with Gasteiger partial charge in [-0.05, 0) is 61.6 Å². The molecule has 3 rings (SSSR count). The van der Waals surface area contributed by atoms with Crippen molar-refractivity contribution >= 4 is 17.5 Å². The van der Waals surface area contributed by atoms with Crippen LogP contribution < -0.4 is 0 Å². The third-order valence-corrected chi connectivity index (χ3v) is 5.20. The number of likely N-dealkylation sites (tertiary alicyclic amines) is 1. The molecule has 0 radical (unpaired) electrons. The van der Waals surface area contributed by atoms with Crippen LogP contribution in [-0.2, 0) is 6.18 Å². The molecule has 0 aliphatic carbocycles. The highest BCUT2D eigenvalue weighted by Gasteiger charge is 2.36. The van der Waals surface area contributed by atoms with E-state index in [1.165, 1.54) is 18.2 Å². The smallest absolute Gasteiger partial charge is 0.337 e. The number of nitrogens with zero attached hydrogens (tertiary/aromatic N) is 2. The van der Waals surface area contributed by atoms with Crippen molar-refractivity contribution in [2.24, 2.45) is 0 Å². The molecule has 154 valence electrons. The first-order valence-electron chi connectivity index (χ1n) is 9.27. The molecule has 0 saturated carbocycles. The minimum absolute atomic E-state index is 0.195. The second-order valence-electron chi connectivity index (χ2n) is 6.99. The Hall–Kier alpha value is -2.54. The molecule has 1 fully saturated rings. The zero-order valence-corrected chi connectivity index (χ0v) is 16.6. The summed E-state index contributed by atoms with van der Waals surface area (Å²) in [6, 6.07) is 12.2. The summed E-state index contributed by atoms with van der Waals surface area (Å²) in [5.41, 5.74) is 0.618. The minimum atomic E-state index is -4.38. The van der Waals surface area contributed by atoms with Crippen molar-refractivity contribution in [3.63, 3.8) is 0 Å². The molecule has 8 heteroatoms. The third kappa shape index (κ3) is 5.29. The molecule has 0 spiro atoms. The predicted octanol–water partition coefficient (Wildman–Crippen LogP) is 5.53. The first-order chi connectivity index (χ1) is 13.8. The molecule has 1 saturated heterocycles. The summed E-state index contributed by atoms with van der Waals surface area (Å²) >= 11 is 6.06. The van der Waals surface area contributed by atoms with Crippen LogP contribution in [0.3, 0.4) is 0 Å². The third-order valence-electron chi connectivity index (χ3n) is 4.95. The Kier molecular flexibility index (Phi) is 6.47. The van der Waals surface area contributed by atoms with Crippen molar-refractivity contribution in [1.29, 1.82) is 0 Å². The Morgan fingerprint density at radius 1 is 1.10 bits per heavy atom. The fourth-order valence-corrected chi connectivity index (χ4v) is 3.55. The number of aromatic amines is 1. The van der Waals surface area contributed by atoms with Crippen molar-refractivity contribution in [3.05, 3.63) is 76.1 Å². The lowest BCUT2D eigenvalue weighted by Gasteiger charge is -2.33. The van der Waals surface area contributed by atoms with Crippen LogP contribution >= 0.6 is 11.6 Å². The highest BCUT2D eigenvalue weighted by Crippen LogP contribution is 2.38.